The zero-order valence-corrected chi connectivity index (χ0v) is 13.1. The van der Waals surface area contributed by atoms with Crippen molar-refractivity contribution < 1.29 is 4.74 Å². The standard InChI is InChI=1S/C17H18BrNO/c1-19-16(12-6-3-2-4-7-12)15-11-14(18)10-13-8-5-9-20-17(13)15/h2-4,6-7,10-11,16,19H,5,8-9H2,1H3. The molecule has 104 valence electrons. The first-order valence-corrected chi connectivity index (χ1v) is 7.76. The van der Waals surface area contributed by atoms with Crippen LogP contribution in [0, 0.1) is 0 Å². The minimum absolute atomic E-state index is 0.153. The van der Waals surface area contributed by atoms with Gasteiger partial charge in [0, 0.05) is 10.0 Å². The predicted octanol–water partition coefficient (Wildman–Crippen LogP) is 4.08. The van der Waals surface area contributed by atoms with E-state index >= 15 is 0 Å². The Morgan fingerprint density at radius 3 is 2.75 bits per heavy atom. The quantitative estimate of drug-likeness (QED) is 0.914. The Kier molecular flexibility index (Phi) is 4.08. The van der Waals surface area contributed by atoms with Crippen molar-refractivity contribution in [3.63, 3.8) is 0 Å². The van der Waals surface area contributed by atoms with Crippen molar-refractivity contribution in [2.45, 2.75) is 18.9 Å². The first kappa shape index (κ1) is 13.7. The highest BCUT2D eigenvalue weighted by Gasteiger charge is 2.22. The highest BCUT2D eigenvalue weighted by molar-refractivity contribution is 9.10. The number of aryl methyl sites for hydroxylation is 1. The number of benzene rings is 2. The van der Waals surface area contributed by atoms with Gasteiger partial charge in [0.25, 0.3) is 0 Å². The van der Waals surface area contributed by atoms with Gasteiger partial charge < -0.3 is 10.1 Å². The molecule has 0 radical (unpaired) electrons. The Morgan fingerprint density at radius 1 is 1.20 bits per heavy atom. The van der Waals surface area contributed by atoms with Crippen LogP contribution < -0.4 is 10.1 Å². The molecular weight excluding hydrogens is 314 g/mol. The van der Waals surface area contributed by atoms with Crippen LogP contribution >= 0.6 is 15.9 Å². The monoisotopic (exact) mass is 331 g/mol. The van der Waals surface area contributed by atoms with Gasteiger partial charge in [-0.3, -0.25) is 0 Å². The lowest BCUT2D eigenvalue weighted by Crippen LogP contribution is -2.21. The summed E-state index contributed by atoms with van der Waals surface area (Å²) in [5, 5.41) is 3.41. The fourth-order valence-electron chi connectivity index (χ4n) is 2.83. The van der Waals surface area contributed by atoms with Gasteiger partial charge >= 0.3 is 0 Å². The number of ether oxygens (including phenoxy) is 1. The third-order valence-electron chi connectivity index (χ3n) is 3.73. The summed E-state index contributed by atoms with van der Waals surface area (Å²) in [6.07, 6.45) is 2.19. The third kappa shape index (κ3) is 2.60. The molecule has 2 aromatic carbocycles. The van der Waals surface area contributed by atoms with Gasteiger partial charge in [-0.2, -0.15) is 0 Å². The van der Waals surface area contributed by atoms with Gasteiger partial charge in [0.1, 0.15) is 5.75 Å². The van der Waals surface area contributed by atoms with E-state index in [9.17, 15) is 0 Å². The second kappa shape index (κ2) is 5.98. The smallest absolute Gasteiger partial charge is 0.127 e. The maximum Gasteiger partial charge on any atom is 0.127 e. The molecule has 2 aromatic rings. The number of halogens is 1. The van der Waals surface area contributed by atoms with Crippen LogP contribution in [0.3, 0.4) is 0 Å². The summed E-state index contributed by atoms with van der Waals surface area (Å²) in [6.45, 7) is 0.812. The maximum absolute atomic E-state index is 5.95. The van der Waals surface area contributed by atoms with Gasteiger partial charge in [-0.05, 0) is 43.1 Å². The van der Waals surface area contributed by atoms with Gasteiger partial charge in [-0.1, -0.05) is 46.3 Å². The summed E-state index contributed by atoms with van der Waals surface area (Å²) in [5.41, 5.74) is 3.77. The van der Waals surface area contributed by atoms with Crippen LogP contribution in [0.1, 0.15) is 29.2 Å². The van der Waals surface area contributed by atoms with E-state index in [0.29, 0.717) is 0 Å². The first-order valence-electron chi connectivity index (χ1n) is 6.97. The summed E-state index contributed by atoms with van der Waals surface area (Å²) in [5.74, 6) is 1.06. The summed E-state index contributed by atoms with van der Waals surface area (Å²) in [6, 6.07) is 15.0. The van der Waals surface area contributed by atoms with Crippen molar-refractivity contribution in [3.8, 4) is 5.75 Å². The average Bonchev–Trinajstić information content (AvgIpc) is 2.49. The van der Waals surface area contributed by atoms with Gasteiger partial charge in [0.15, 0.2) is 0 Å². The van der Waals surface area contributed by atoms with Crippen molar-refractivity contribution in [2.75, 3.05) is 13.7 Å². The Morgan fingerprint density at radius 2 is 2.00 bits per heavy atom. The maximum atomic E-state index is 5.95. The fraction of sp³-hybridized carbons (Fsp3) is 0.294. The first-order chi connectivity index (χ1) is 9.79. The van der Waals surface area contributed by atoms with Gasteiger partial charge in [-0.15, -0.1) is 0 Å². The zero-order valence-electron chi connectivity index (χ0n) is 11.5. The van der Waals surface area contributed by atoms with Crippen LogP contribution in [0.15, 0.2) is 46.9 Å². The molecule has 0 saturated heterocycles. The van der Waals surface area contributed by atoms with Crippen molar-refractivity contribution in [1.29, 1.82) is 0 Å². The molecule has 1 aliphatic rings. The summed E-state index contributed by atoms with van der Waals surface area (Å²) in [7, 11) is 1.99. The Hall–Kier alpha value is -1.32. The van der Waals surface area contributed by atoms with Crippen molar-refractivity contribution >= 4 is 15.9 Å². The summed E-state index contributed by atoms with van der Waals surface area (Å²) >= 11 is 3.63. The molecular formula is C17H18BrNO. The zero-order chi connectivity index (χ0) is 13.9. The molecule has 0 amide bonds. The molecule has 1 aliphatic heterocycles. The van der Waals surface area contributed by atoms with Crippen LogP contribution in [0.4, 0.5) is 0 Å². The SMILES string of the molecule is CNC(c1ccccc1)c1cc(Br)cc2c1OCCC2. The molecule has 1 heterocycles. The van der Waals surface area contributed by atoms with E-state index in [1.54, 1.807) is 0 Å². The fourth-order valence-corrected chi connectivity index (χ4v) is 3.36. The molecule has 0 aliphatic carbocycles. The lowest BCUT2D eigenvalue weighted by atomic mass is 9.94. The Balaban J connectivity index is 2.10. The highest BCUT2D eigenvalue weighted by Crippen LogP contribution is 2.38. The topological polar surface area (TPSA) is 21.3 Å². The molecule has 1 N–H and O–H groups in total. The molecule has 0 fully saturated rings. The minimum Gasteiger partial charge on any atom is -0.493 e. The van der Waals surface area contributed by atoms with E-state index in [0.717, 1.165) is 29.7 Å². The largest absolute Gasteiger partial charge is 0.493 e. The van der Waals surface area contributed by atoms with Crippen LogP contribution in [-0.2, 0) is 6.42 Å². The molecule has 3 heteroatoms. The summed E-state index contributed by atoms with van der Waals surface area (Å²) in [4.78, 5) is 0. The Bertz CT molecular complexity index is 597. The molecule has 0 bridgehead atoms. The second-order valence-corrected chi connectivity index (χ2v) is 5.98. The van der Waals surface area contributed by atoms with Crippen molar-refractivity contribution in [1.82, 2.24) is 5.32 Å². The molecule has 1 unspecified atom stereocenters. The molecule has 20 heavy (non-hydrogen) atoms. The number of fused-ring (bicyclic) bond motifs is 1. The van der Waals surface area contributed by atoms with Crippen LogP contribution in [0.5, 0.6) is 5.75 Å². The van der Waals surface area contributed by atoms with E-state index in [4.69, 9.17) is 4.74 Å². The lowest BCUT2D eigenvalue weighted by Gasteiger charge is -2.26. The number of nitrogens with one attached hydrogen (secondary N) is 1. The van der Waals surface area contributed by atoms with E-state index in [1.165, 1.54) is 16.7 Å². The molecule has 0 saturated carbocycles. The molecule has 2 nitrogen and oxygen atoms in total. The average molecular weight is 332 g/mol. The van der Waals surface area contributed by atoms with E-state index in [1.807, 2.05) is 13.1 Å². The molecule has 0 spiro atoms. The molecule has 0 aromatic heterocycles. The highest BCUT2D eigenvalue weighted by atomic mass is 79.9. The molecule has 3 rings (SSSR count). The van der Waals surface area contributed by atoms with Crippen LogP contribution in [-0.4, -0.2) is 13.7 Å². The number of rotatable bonds is 3. The summed E-state index contributed by atoms with van der Waals surface area (Å²) < 4.78 is 7.07. The van der Waals surface area contributed by atoms with E-state index in [-0.39, 0.29) is 6.04 Å². The van der Waals surface area contributed by atoms with Gasteiger partial charge in [0.05, 0.1) is 12.6 Å². The van der Waals surface area contributed by atoms with Crippen LogP contribution in [0.25, 0.3) is 0 Å². The van der Waals surface area contributed by atoms with Crippen molar-refractivity contribution in [2.24, 2.45) is 0 Å². The third-order valence-corrected chi connectivity index (χ3v) is 4.19. The minimum atomic E-state index is 0.153. The Labute approximate surface area is 128 Å². The van der Waals surface area contributed by atoms with E-state index < -0.39 is 0 Å². The normalized spacial score (nSPS) is 15.3. The van der Waals surface area contributed by atoms with Gasteiger partial charge in [-0.25, -0.2) is 0 Å². The lowest BCUT2D eigenvalue weighted by molar-refractivity contribution is 0.283. The number of hydrogen-bond donors (Lipinski definition) is 1. The van der Waals surface area contributed by atoms with Gasteiger partial charge in [0.2, 0.25) is 0 Å². The predicted molar refractivity (Wildman–Crippen MR) is 85.3 cm³/mol. The number of hydrogen-bond acceptors (Lipinski definition) is 2. The molecule has 1 atom stereocenters. The van der Waals surface area contributed by atoms with E-state index in [2.05, 4.69) is 57.6 Å². The second-order valence-electron chi connectivity index (χ2n) is 5.07. The van der Waals surface area contributed by atoms with Crippen LogP contribution in [0.2, 0.25) is 0 Å². The van der Waals surface area contributed by atoms with Crippen molar-refractivity contribution in [3.05, 3.63) is 63.6 Å².